The van der Waals surface area contributed by atoms with Crippen molar-refractivity contribution in [3.63, 3.8) is 0 Å². The first-order chi connectivity index (χ1) is 9.24. The molecule has 0 saturated carbocycles. The molecule has 2 aliphatic rings. The molecule has 3 nitrogen and oxygen atoms in total. The van der Waals surface area contributed by atoms with E-state index >= 15 is 0 Å². The van der Waals surface area contributed by atoms with Crippen LogP contribution in [0.5, 0.6) is 0 Å². The normalized spacial score (nSPS) is 20.8. The lowest BCUT2D eigenvalue weighted by Crippen LogP contribution is -2.32. The summed E-state index contributed by atoms with van der Waals surface area (Å²) < 4.78 is 0. The number of anilines is 1. The van der Waals surface area contributed by atoms with Gasteiger partial charge in [0.25, 0.3) is 0 Å². The van der Waals surface area contributed by atoms with Crippen molar-refractivity contribution in [2.75, 3.05) is 37.6 Å². The van der Waals surface area contributed by atoms with E-state index in [0.717, 1.165) is 0 Å². The van der Waals surface area contributed by atoms with Crippen LogP contribution in [0, 0.1) is 0 Å². The minimum Gasteiger partial charge on any atom is -0.370 e. The second kappa shape index (κ2) is 5.51. The van der Waals surface area contributed by atoms with Gasteiger partial charge < -0.3 is 15.5 Å². The quantitative estimate of drug-likeness (QED) is 0.899. The molecule has 0 aromatic heterocycles. The average Bonchev–Trinajstić information content (AvgIpc) is 3.05. The standard InChI is InChI=1S/C16H25N3/c1-13(17)14-4-5-16-15(12-14)6-9-19(16)11-10-18-7-2-3-8-18/h4-5,12-13H,2-3,6-11,17H2,1H3. The summed E-state index contributed by atoms with van der Waals surface area (Å²) in [5, 5.41) is 0. The fourth-order valence-electron chi connectivity index (χ4n) is 3.27. The topological polar surface area (TPSA) is 32.5 Å². The molecule has 2 heterocycles. The summed E-state index contributed by atoms with van der Waals surface area (Å²) in [7, 11) is 0. The largest absolute Gasteiger partial charge is 0.370 e. The molecule has 1 fully saturated rings. The van der Waals surface area contributed by atoms with Crippen LogP contribution in [0.1, 0.15) is 36.9 Å². The van der Waals surface area contributed by atoms with Gasteiger partial charge in [-0.3, -0.25) is 0 Å². The van der Waals surface area contributed by atoms with Gasteiger partial charge in [0.2, 0.25) is 0 Å². The van der Waals surface area contributed by atoms with Crippen LogP contribution in [0.3, 0.4) is 0 Å². The monoisotopic (exact) mass is 259 g/mol. The van der Waals surface area contributed by atoms with Crippen LogP contribution in [-0.2, 0) is 6.42 Å². The van der Waals surface area contributed by atoms with Crippen molar-refractivity contribution in [3.05, 3.63) is 29.3 Å². The molecule has 1 atom stereocenters. The van der Waals surface area contributed by atoms with E-state index in [-0.39, 0.29) is 6.04 Å². The van der Waals surface area contributed by atoms with Gasteiger partial charge in [-0.05, 0) is 56.5 Å². The maximum Gasteiger partial charge on any atom is 0.0400 e. The molecule has 1 aromatic rings. The molecule has 2 aliphatic heterocycles. The Labute approximate surface area is 116 Å². The second-order valence-corrected chi connectivity index (χ2v) is 5.96. The van der Waals surface area contributed by atoms with Gasteiger partial charge in [0.1, 0.15) is 0 Å². The zero-order valence-electron chi connectivity index (χ0n) is 11.9. The fraction of sp³-hybridized carbons (Fsp3) is 0.625. The first kappa shape index (κ1) is 12.9. The van der Waals surface area contributed by atoms with Gasteiger partial charge in [-0.1, -0.05) is 12.1 Å². The highest BCUT2D eigenvalue weighted by Gasteiger charge is 2.21. The Hall–Kier alpha value is -1.06. The number of hydrogen-bond acceptors (Lipinski definition) is 3. The predicted octanol–water partition coefficient (Wildman–Crippen LogP) is 2.16. The Morgan fingerprint density at radius 1 is 1.16 bits per heavy atom. The molecule has 0 radical (unpaired) electrons. The molecule has 3 rings (SSSR count). The van der Waals surface area contributed by atoms with Crippen molar-refractivity contribution in [2.45, 2.75) is 32.2 Å². The molecule has 1 saturated heterocycles. The van der Waals surface area contributed by atoms with Crippen LogP contribution < -0.4 is 10.6 Å². The van der Waals surface area contributed by atoms with Crippen molar-refractivity contribution in [3.8, 4) is 0 Å². The number of fused-ring (bicyclic) bond motifs is 1. The maximum atomic E-state index is 5.96. The Balaban J connectivity index is 1.64. The van der Waals surface area contributed by atoms with Crippen LogP contribution in [0.15, 0.2) is 18.2 Å². The molecule has 1 aromatic carbocycles. The third kappa shape index (κ3) is 2.77. The van der Waals surface area contributed by atoms with E-state index in [0.29, 0.717) is 0 Å². The van der Waals surface area contributed by atoms with Gasteiger partial charge in [0.05, 0.1) is 0 Å². The van der Waals surface area contributed by atoms with E-state index < -0.39 is 0 Å². The molecule has 1 unspecified atom stereocenters. The zero-order valence-corrected chi connectivity index (χ0v) is 11.9. The number of hydrogen-bond donors (Lipinski definition) is 1. The molecule has 3 heteroatoms. The van der Waals surface area contributed by atoms with Gasteiger partial charge >= 0.3 is 0 Å². The Kier molecular flexibility index (Phi) is 3.76. The van der Waals surface area contributed by atoms with Crippen molar-refractivity contribution in [2.24, 2.45) is 5.73 Å². The Bertz CT molecular complexity index is 436. The summed E-state index contributed by atoms with van der Waals surface area (Å²) >= 11 is 0. The first-order valence-corrected chi connectivity index (χ1v) is 7.60. The van der Waals surface area contributed by atoms with Gasteiger partial charge in [-0.2, -0.15) is 0 Å². The second-order valence-electron chi connectivity index (χ2n) is 5.96. The zero-order chi connectivity index (χ0) is 13.2. The van der Waals surface area contributed by atoms with E-state index in [1.165, 1.54) is 68.8 Å². The van der Waals surface area contributed by atoms with Gasteiger partial charge in [-0.25, -0.2) is 0 Å². The van der Waals surface area contributed by atoms with Gasteiger partial charge in [0, 0.05) is 31.4 Å². The maximum absolute atomic E-state index is 5.96. The molecular formula is C16H25N3. The number of nitrogens with two attached hydrogens (primary N) is 1. The van der Waals surface area contributed by atoms with Gasteiger partial charge in [-0.15, -0.1) is 0 Å². The van der Waals surface area contributed by atoms with Crippen LogP contribution >= 0.6 is 0 Å². The summed E-state index contributed by atoms with van der Waals surface area (Å²) in [6.45, 7) is 8.21. The highest BCUT2D eigenvalue weighted by Crippen LogP contribution is 2.30. The minimum absolute atomic E-state index is 0.143. The molecule has 0 bridgehead atoms. The lowest BCUT2D eigenvalue weighted by atomic mass is 10.0. The third-order valence-electron chi connectivity index (χ3n) is 4.51. The van der Waals surface area contributed by atoms with Crippen LogP contribution in [0.2, 0.25) is 0 Å². The molecule has 19 heavy (non-hydrogen) atoms. The SMILES string of the molecule is CC(N)c1ccc2c(c1)CCN2CCN1CCCC1. The molecule has 0 amide bonds. The predicted molar refractivity (Wildman–Crippen MR) is 80.6 cm³/mol. The molecule has 0 spiro atoms. The number of nitrogens with zero attached hydrogens (tertiary/aromatic N) is 2. The van der Waals surface area contributed by atoms with Crippen molar-refractivity contribution < 1.29 is 0 Å². The van der Waals surface area contributed by atoms with Crippen molar-refractivity contribution >= 4 is 5.69 Å². The summed E-state index contributed by atoms with van der Waals surface area (Å²) in [5.74, 6) is 0. The molecule has 0 aliphatic carbocycles. The minimum atomic E-state index is 0.143. The van der Waals surface area contributed by atoms with Crippen LogP contribution in [0.4, 0.5) is 5.69 Å². The first-order valence-electron chi connectivity index (χ1n) is 7.60. The summed E-state index contributed by atoms with van der Waals surface area (Å²) in [5.41, 5.74) is 10.1. The highest BCUT2D eigenvalue weighted by atomic mass is 15.2. The fourth-order valence-corrected chi connectivity index (χ4v) is 3.27. The summed E-state index contributed by atoms with van der Waals surface area (Å²) in [4.78, 5) is 5.13. The van der Waals surface area contributed by atoms with Crippen molar-refractivity contribution in [1.29, 1.82) is 0 Å². The van der Waals surface area contributed by atoms with E-state index in [4.69, 9.17) is 5.73 Å². The van der Waals surface area contributed by atoms with Crippen molar-refractivity contribution in [1.82, 2.24) is 4.90 Å². The molecule has 2 N–H and O–H groups in total. The van der Waals surface area contributed by atoms with E-state index in [9.17, 15) is 0 Å². The number of benzene rings is 1. The summed E-state index contributed by atoms with van der Waals surface area (Å²) in [6, 6.07) is 6.90. The lowest BCUT2D eigenvalue weighted by molar-refractivity contribution is 0.345. The Morgan fingerprint density at radius 3 is 2.68 bits per heavy atom. The van der Waals surface area contributed by atoms with E-state index in [2.05, 4.69) is 34.9 Å². The lowest BCUT2D eigenvalue weighted by Gasteiger charge is -2.23. The van der Waals surface area contributed by atoms with E-state index in [1.54, 1.807) is 0 Å². The third-order valence-corrected chi connectivity index (χ3v) is 4.51. The average molecular weight is 259 g/mol. The van der Waals surface area contributed by atoms with E-state index in [1.807, 2.05) is 0 Å². The Morgan fingerprint density at radius 2 is 1.95 bits per heavy atom. The van der Waals surface area contributed by atoms with Crippen LogP contribution in [-0.4, -0.2) is 37.6 Å². The smallest absolute Gasteiger partial charge is 0.0400 e. The highest BCUT2D eigenvalue weighted by molar-refractivity contribution is 5.59. The summed E-state index contributed by atoms with van der Waals surface area (Å²) in [6.07, 6.45) is 3.94. The van der Waals surface area contributed by atoms with Crippen LogP contribution in [0.25, 0.3) is 0 Å². The van der Waals surface area contributed by atoms with Gasteiger partial charge in [0.15, 0.2) is 0 Å². The molecular weight excluding hydrogens is 234 g/mol. The number of likely N-dealkylation sites (tertiary alicyclic amines) is 1. The molecule has 104 valence electrons. The number of rotatable bonds is 4.